The zero-order chi connectivity index (χ0) is 13.3. The Morgan fingerprint density at radius 2 is 2.17 bits per heavy atom. The van der Waals surface area contributed by atoms with Crippen molar-refractivity contribution in [1.82, 2.24) is 4.98 Å². The smallest absolute Gasteiger partial charge is 0.258 e. The van der Waals surface area contributed by atoms with Crippen molar-refractivity contribution in [2.45, 2.75) is 6.92 Å². The van der Waals surface area contributed by atoms with E-state index in [9.17, 15) is 4.79 Å². The minimum atomic E-state index is -0.204. The lowest BCUT2D eigenvalue weighted by Crippen LogP contribution is -2.13. The van der Waals surface area contributed by atoms with Gasteiger partial charge in [-0.3, -0.25) is 4.79 Å². The topological polar surface area (TPSA) is 68.0 Å². The Morgan fingerprint density at radius 3 is 2.72 bits per heavy atom. The van der Waals surface area contributed by atoms with Gasteiger partial charge >= 0.3 is 0 Å². The number of thiophene rings is 1. The van der Waals surface area contributed by atoms with Gasteiger partial charge in [-0.1, -0.05) is 0 Å². The van der Waals surface area contributed by atoms with Crippen molar-refractivity contribution in [1.29, 1.82) is 0 Å². The number of anilines is 2. The number of rotatable bonds is 2. The van der Waals surface area contributed by atoms with Crippen LogP contribution in [0.1, 0.15) is 15.9 Å². The molecule has 0 saturated heterocycles. The molecule has 0 bridgehead atoms. The van der Waals surface area contributed by atoms with Crippen molar-refractivity contribution >= 4 is 60.6 Å². The fraction of sp³-hybridized carbons (Fsp3) is 0.0909. The maximum atomic E-state index is 12.1. The van der Waals surface area contributed by atoms with Gasteiger partial charge in [0, 0.05) is 0 Å². The van der Waals surface area contributed by atoms with Crippen molar-refractivity contribution in [3.05, 3.63) is 37.0 Å². The van der Waals surface area contributed by atoms with Gasteiger partial charge in [-0.25, -0.2) is 4.98 Å². The highest BCUT2D eigenvalue weighted by Crippen LogP contribution is 2.32. The van der Waals surface area contributed by atoms with Gasteiger partial charge in [0.1, 0.15) is 5.82 Å². The molecule has 2 aromatic heterocycles. The lowest BCUT2D eigenvalue weighted by atomic mass is 10.2. The normalized spacial score (nSPS) is 10.4. The second kappa shape index (κ2) is 5.38. The molecule has 2 rings (SSSR count). The van der Waals surface area contributed by atoms with Crippen molar-refractivity contribution in [3.63, 3.8) is 0 Å². The van der Waals surface area contributed by atoms with Gasteiger partial charge in [-0.15, -0.1) is 11.3 Å². The van der Waals surface area contributed by atoms with E-state index < -0.39 is 0 Å². The third-order valence-electron chi connectivity index (χ3n) is 2.23. The molecule has 0 saturated carbocycles. The van der Waals surface area contributed by atoms with E-state index in [0.29, 0.717) is 17.1 Å². The quantitative estimate of drug-likeness (QED) is 0.819. The van der Waals surface area contributed by atoms with E-state index in [0.717, 1.165) is 13.1 Å². The number of hydrogen-bond acceptors (Lipinski definition) is 4. The zero-order valence-corrected chi connectivity index (χ0v) is 13.3. The number of aryl methyl sites for hydroxylation is 1. The first-order chi connectivity index (χ1) is 8.47. The summed E-state index contributed by atoms with van der Waals surface area (Å²) in [5, 5.41) is 2.76. The first-order valence-electron chi connectivity index (χ1n) is 4.95. The minimum absolute atomic E-state index is 0.204. The van der Waals surface area contributed by atoms with E-state index in [4.69, 9.17) is 5.73 Å². The molecule has 0 spiro atoms. The Bertz CT molecular complexity index is 612. The third kappa shape index (κ3) is 2.90. The fourth-order valence-electron chi connectivity index (χ4n) is 1.40. The number of carbonyl (C=O) groups is 1. The highest BCUT2D eigenvalue weighted by Gasteiger charge is 2.15. The van der Waals surface area contributed by atoms with Crippen LogP contribution in [0.4, 0.5) is 11.5 Å². The van der Waals surface area contributed by atoms with Crippen LogP contribution in [0.25, 0.3) is 0 Å². The van der Waals surface area contributed by atoms with Gasteiger partial charge in [-0.2, -0.15) is 0 Å². The Hall–Kier alpha value is -0.920. The Labute approximate surface area is 125 Å². The number of amides is 1. The number of hydrogen-bond donors (Lipinski definition) is 2. The SMILES string of the molecule is Cc1cc(N)cnc1NC(=O)c1cc(Br)sc1Br. The zero-order valence-electron chi connectivity index (χ0n) is 9.33. The van der Waals surface area contributed by atoms with Crippen molar-refractivity contribution in [2.24, 2.45) is 0 Å². The summed E-state index contributed by atoms with van der Waals surface area (Å²) in [7, 11) is 0. The number of nitrogens with zero attached hydrogens (tertiary/aromatic N) is 1. The van der Waals surface area contributed by atoms with Crippen LogP contribution in [0.5, 0.6) is 0 Å². The molecule has 0 unspecified atom stereocenters. The van der Waals surface area contributed by atoms with Crippen LogP contribution in [-0.2, 0) is 0 Å². The van der Waals surface area contributed by atoms with Crippen LogP contribution >= 0.6 is 43.2 Å². The van der Waals surface area contributed by atoms with Crippen LogP contribution in [0.15, 0.2) is 25.9 Å². The van der Waals surface area contributed by atoms with Crippen LogP contribution in [0.3, 0.4) is 0 Å². The number of pyridine rings is 1. The van der Waals surface area contributed by atoms with E-state index in [-0.39, 0.29) is 5.91 Å². The molecule has 0 atom stereocenters. The van der Waals surface area contributed by atoms with Crippen LogP contribution in [0, 0.1) is 6.92 Å². The molecule has 0 aromatic carbocycles. The standard InChI is InChI=1S/C11H9Br2N3OS/c1-5-2-6(14)4-15-10(5)16-11(17)7-3-8(12)18-9(7)13/h2-4H,14H2,1H3,(H,15,16,17). The van der Waals surface area contributed by atoms with Crippen molar-refractivity contribution in [2.75, 3.05) is 11.1 Å². The molecule has 7 heteroatoms. The van der Waals surface area contributed by atoms with Gasteiger partial charge in [0.05, 0.1) is 25.0 Å². The van der Waals surface area contributed by atoms with Crippen molar-refractivity contribution < 1.29 is 4.79 Å². The van der Waals surface area contributed by atoms with Gasteiger partial charge in [0.25, 0.3) is 5.91 Å². The maximum Gasteiger partial charge on any atom is 0.258 e. The molecule has 0 aliphatic heterocycles. The van der Waals surface area contributed by atoms with Gasteiger partial charge < -0.3 is 11.1 Å². The predicted octanol–water partition coefficient (Wildman–Crippen LogP) is 3.81. The molecule has 4 nitrogen and oxygen atoms in total. The summed E-state index contributed by atoms with van der Waals surface area (Å²) >= 11 is 8.13. The number of aromatic nitrogens is 1. The molecular formula is C11H9Br2N3OS. The molecule has 0 fully saturated rings. The van der Waals surface area contributed by atoms with Gasteiger partial charge in [0.2, 0.25) is 0 Å². The van der Waals surface area contributed by atoms with E-state index >= 15 is 0 Å². The fourth-order valence-corrected chi connectivity index (χ4v) is 4.19. The molecule has 0 aliphatic carbocycles. The average molecular weight is 391 g/mol. The van der Waals surface area contributed by atoms with E-state index in [1.165, 1.54) is 17.5 Å². The summed E-state index contributed by atoms with van der Waals surface area (Å²) in [5.74, 6) is 0.313. The lowest BCUT2D eigenvalue weighted by molar-refractivity contribution is 0.102. The molecule has 0 radical (unpaired) electrons. The molecule has 0 aliphatic rings. The van der Waals surface area contributed by atoms with Crippen molar-refractivity contribution in [3.8, 4) is 0 Å². The predicted molar refractivity (Wildman–Crippen MR) is 81.1 cm³/mol. The first kappa shape index (κ1) is 13.5. The second-order valence-electron chi connectivity index (χ2n) is 3.63. The maximum absolute atomic E-state index is 12.1. The Balaban J connectivity index is 2.24. The molecule has 1 amide bonds. The average Bonchev–Trinajstić information content (AvgIpc) is 2.62. The molecule has 3 N–H and O–H groups in total. The second-order valence-corrected chi connectivity index (χ2v) is 7.38. The molecule has 2 aromatic rings. The molecule has 18 heavy (non-hydrogen) atoms. The monoisotopic (exact) mass is 389 g/mol. The lowest BCUT2D eigenvalue weighted by Gasteiger charge is -2.07. The van der Waals surface area contributed by atoms with Gasteiger partial charge in [0.15, 0.2) is 0 Å². The largest absolute Gasteiger partial charge is 0.397 e. The first-order valence-corrected chi connectivity index (χ1v) is 7.36. The summed E-state index contributed by atoms with van der Waals surface area (Å²) in [4.78, 5) is 16.2. The number of carbonyl (C=O) groups excluding carboxylic acids is 1. The van der Waals surface area contributed by atoms with Crippen LogP contribution in [0.2, 0.25) is 0 Å². The Kier molecular flexibility index (Phi) is 4.04. The minimum Gasteiger partial charge on any atom is -0.397 e. The molecular weight excluding hydrogens is 382 g/mol. The number of nitrogens with one attached hydrogen (secondary N) is 1. The number of nitrogen functional groups attached to an aromatic ring is 1. The summed E-state index contributed by atoms with van der Waals surface area (Å²) in [6.45, 7) is 1.84. The van der Waals surface area contributed by atoms with Crippen LogP contribution in [-0.4, -0.2) is 10.9 Å². The highest BCUT2D eigenvalue weighted by atomic mass is 79.9. The van der Waals surface area contributed by atoms with E-state index in [1.54, 1.807) is 12.1 Å². The summed E-state index contributed by atoms with van der Waals surface area (Å²) in [6, 6.07) is 3.53. The van der Waals surface area contributed by atoms with Gasteiger partial charge in [-0.05, 0) is 56.5 Å². The number of nitrogens with two attached hydrogens (primary N) is 1. The Morgan fingerprint density at radius 1 is 1.44 bits per heavy atom. The van der Waals surface area contributed by atoms with Crippen LogP contribution < -0.4 is 11.1 Å². The summed E-state index contributed by atoms with van der Waals surface area (Å²) in [5.41, 5.74) is 7.59. The van der Waals surface area contributed by atoms with E-state index in [2.05, 4.69) is 42.2 Å². The molecule has 94 valence electrons. The summed E-state index contributed by atoms with van der Waals surface area (Å²) in [6.07, 6.45) is 1.52. The molecule has 2 heterocycles. The highest BCUT2D eigenvalue weighted by molar-refractivity contribution is 9.12. The third-order valence-corrected chi connectivity index (χ3v) is 4.57. The number of halogens is 2. The summed E-state index contributed by atoms with van der Waals surface area (Å²) < 4.78 is 1.67. The van der Waals surface area contributed by atoms with E-state index in [1.807, 2.05) is 6.92 Å².